The van der Waals surface area contributed by atoms with Crippen LogP contribution in [0.1, 0.15) is 62.2 Å². The van der Waals surface area contributed by atoms with E-state index in [2.05, 4.69) is 43.0 Å². The normalized spacial score (nSPS) is 14.3. The van der Waals surface area contributed by atoms with E-state index in [1.54, 1.807) is 0 Å². The monoisotopic (exact) mass is 394 g/mol. The Balaban J connectivity index is 1.75. The lowest BCUT2D eigenvalue weighted by atomic mass is 10.0. The zero-order valence-electron chi connectivity index (χ0n) is 18.2. The minimum absolute atomic E-state index is 0.302. The lowest BCUT2D eigenvalue weighted by molar-refractivity contribution is -0.131. The maximum Gasteiger partial charge on any atom is 0.222 e. The molecule has 2 aromatic rings. The number of carbonyl (C=O) groups excluding carboxylic acids is 1. The van der Waals surface area contributed by atoms with Crippen molar-refractivity contribution in [3.05, 3.63) is 53.0 Å². The molecule has 1 fully saturated rings. The Kier molecular flexibility index (Phi) is 7.62. The summed E-state index contributed by atoms with van der Waals surface area (Å²) in [7, 11) is 0. The molecule has 0 radical (unpaired) electrons. The number of benzene rings is 1. The molecule has 1 saturated heterocycles. The molecule has 0 aliphatic carbocycles. The van der Waals surface area contributed by atoms with Gasteiger partial charge in [0.25, 0.3) is 0 Å². The van der Waals surface area contributed by atoms with Crippen LogP contribution in [0.3, 0.4) is 0 Å². The predicted octanol–water partition coefficient (Wildman–Crippen LogP) is 4.17. The van der Waals surface area contributed by atoms with Crippen molar-refractivity contribution in [3.8, 4) is 0 Å². The minimum Gasteiger partial charge on any atom is -0.353 e. The molecule has 5 nitrogen and oxygen atoms in total. The van der Waals surface area contributed by atoms with Crippen LogP contribution in [0.5, 0.6) is 0 Å². The van der Waals surface area contributed by atoms with E-state index in [4.69, 9.17) is 9.97 Å². The molecule has 2 heterocycles. The van der Waals surface area contributed by atoms with Gasteiger partial charge in [0.15, 0.2) is 0 Å². The van der Waals surface area contributed by atoms with Crippen LogP contribution in [0.25, 0.3) is 0 Å². The summed E-state index contributed by atoms with van der Waals surface area (Å²) in [5.74, 6) is 2.18. The molecule has 0 unspecified atom stereocenters. The Morgan fingerprint density at radius 2 is 1.72 bits per heavy atom. The van der Waals surface area contributed by atoms with Crippen molar-refractivity contribution in [3.63, 3.8) is 0 Å². The SMILES string of the molecule is CCCCCC(=O)N1CCN(c2nc(C)nc(CC)c2Cc2ccccc2)CC1. The van der Waals surface area contributed by atoms with E-state index in [0.29, 0.717) is 12.3 Å². The highest BCUT2D eigenvalue weighted by molar-refractivity contribution is 5.76. The van der Waals surface area contributed by atoms with Gasteiger partial charge in [-0.2, -0.15) is 0 Å². The van der Waals surface area contributed by atoms with Gasteiger partial charge >= 0.3 is 0 Å². The highest BCUT2D eigenvalue weighted by Gasteiger charge is 2.24. The van der Waals surface area contributed by atoms with Crippen LogP contribution < -0.4 is 4.90 Å². The van der Waals surface area contributed by atoms with Crippen molar-refractivity contribution in [2.75, 3.05) is 31.1 Å². The summed E-state index contributed by atoms with van der Waals surface area (Å²) in [6.07, 6.45) is 5.71. The van der Waals surface area contributed by atoms with Crippen LogP contribution in [-0.4, -0.2) is 47.0 Å². The van der Waals surface area contributed by atoms with Gasteiger partial charge in [-0.3, -0.25) is 4.79 Å². The number of amides is 1. The van der Waals surface area contributed by atoms with E-state index in [-0.39, 0.29) is 0 Å². The van der Waals surface area contributed by atoms with Crippen molar-refractivity contribution in [1.82, 2.24) is 14.9 Å². The summed E-state index contributed by atoms with van der Waals surface area (Å²) in [6, 6.07) is 10.5. The summed E-state index contributed by atoms with van der Waals surface area (Å²) in [4.78, 5) is 26.4. The van der Waals surface area contributed by atoms with E-state index in [1.165, 1.54) is 11.1 Å². The Hall–Kier alpha value is -2.43. The largest absolute Gasteiger partial charge is 0.353 e. The first-order chi connectivity index (χ1) is 14.1. The molecule has 156 valence electrons. The molecule has 1 aromatic heterocycles. The van der Waals surface area contributed by atoms with Crippen LogP contribution in [0.4, 0.5) is 5.82 Å². The highest BCUT2D eigenvalue weighted by Crippen LogP contribution is 2.26. The fourth-order valence-corrected chi connectivity index (χ4v) is 4.02. The first-order valence-corrected chi connectivity index (χ1v) is 11.0. The average Bonchev–Trinajstić information content (AvgIpc) is 2.75. The molecule has 29 heavy (non-hydrogen) atoms. The minimum atomic E-state index is 0.302. The molecular weight excluding hydrogens is 360 g/mol. The molecule has 5 heteroatoms. The first-order valence-electron chi connectivity index (χ1n) is 11.0. The van der Waals surface area contributed by atoms with Gasteiger partial charge in [0, 0.05) is 50.3 Å². The zero-order chi connectivity index (χ0) is 20.6. The second kappa shape index (κ2) is 10.4. The van der Waals surface area contributed by atoms with E-state index in [9.17, 15) is 4.79 Å². The van der Waals surface area contributed by atoms with E-state index < -0.39 is 0 Å². The summed E-state index contributed by atoms with van der Waals surface area (Å²) < 4.78 is 0. The summed E-state index contributed by atoms with van der Waals surface area (Å²) in [5.41, 5.74) is 3.64. The molecule has 3 rings (SSSR count). The molecule has 0 saturated carbocycles. The van der Waals surface area contributed by atoms with Crippen molar-refractivity contribution in [2.24, 2.45) is 0 Å². The second-order valence-corrected chi connectivity index (χ2v) is 7.86. The van der Waals surface area contributed by atoms with Gasteiger partial charge < -0.3 is 9.80 Å². The third-order valence-corrected chi connectivity index (χ3v) is 5.67. The molecule has 0 bridgehead atoms. The fraction of sp³-hybridized carbons (Fsp3) is 0.542. The van der Waals surface area contributed by atoms with Gasteiger partial charge in [-0.1, -0.05) is 57.0 Å². The smallest absolute Gasteiger partial charge is 0.222 e. The zero-order valence-corrected chi connectivity index (χ0v) is 18.2. The number of aromatic nitrogens is 2. The first kappa shape index (κ1) is 21.3. The van der Waals surface area contributed by atoms with Gasteiger partial charge in [-0.25, -0.2) is 9.97 Å². The maximum absolute atomic E-state index is 12.5. The Morgan fingerprint density at radius 1 is 1.00 bits per heavy atom. The third kappa shape index (κ3) is 5.55. The molecular formula is C24H34N4O. The number of hydrogen-bond donors (Lipinski definition) is 0. The predicted molar refractivity (Wildman–Crippen MR) is 118 cm³/mol. The molecule has 1 amide bonds. The number of anilines is 1. The van der Waals surface area contributed by atoms with Gasteiger partial charge in [-0.15, -0.1) is 0 Å². The van der Waals surface area contributed by atoms with Crippen LogP contribution in [0, 0.1) is 6.92 Å². The Bertz CT molecular complexity index is 798. The third-order valence-electron chi connectivity index (χ3n) is 5.67. The number of aryl methyl sites for hydroxylation is 2. The highest BCUT2D eigenvalue weighted by atomic mass is 16.2. The fourth-order valence-electron chi connectivity index (χ4n) is 4.02. The average molecular weight is 395 g/mol. The number of rotatable bonds is 8. The number of piperazine rings is 1. The van der Waals surface area contributed by atoms with Crippen LogP contribution >= 0.6 is 0 Å². The second-order valence-electron chi connectivity index (χ2n) is 7.86. The molecule has 1 aliphatic rings. The van der Waals surface area contributed by atoms with E-state index in [1.807, 2.05) is 17.9 Å². The van der Waals surface area contributed by atoms with E-state index in [0.717, 1.165) is 75.6 Å². The van der Waals surface area contributed by atoms with Crippen molar-refractivity contribution in [1.29, 1.82) is 0 Å². The van der Waals surface area contributed by atoms with Crippen molar-refractivity contribution in [2.45, 2.75) is 59.3 Å². The quantitative estimate of drug-likeness (QED) is 0.631. The topological polar surface area (TPSA) is 49.3 Å². The summed E-state index contributed by atoms with van der Waals surface area (Å²) >= 11 is 0. The molecule has 1 aliphatic heterocycles. The van der Waals surface area contributed by atoms with Gasteiger partial charge in [0.05, 0.1) is 0 Å². The number of hydrogen-bond acceptors (Lipinski definition) is 4. The summed E-state index contributed by atoms with van der Waals surface area (Å²) in [5, 5.41) is 0. The number of carbonyl (C=O) groups is 1. The molecule has 1 aromatic carbocycles. The number of unbranched alkanes of at least 4 members (excludes halogenated alkanes) is 2. The Morgan fingerprint density at radius 3 is 2.38 bits per heavy atom. The number of nitrogens with zero attached hydrogens (tertiary/aromatic N) is 4. The van der Waals surface area contributed by atoms with Gasteiger partial charge in [0.1, 0.15) is 11.6 Å². The van der Waals surface area contributed by atoms with Crippen LogP contribution in [0.15, 0.2) is 30.3 Å². The van der Waals surface area contributed by atoms with Crippen molar-refractivity contribution >= 4 is 11.7 Å². The standard InChI is InChI=1S/C24H34N4O/c1-4-6-8-13-23(29)27-14-16-28(17-15-27)24-21(18-20-11-9-7-10-12-20)22(5-2)25-19(3)26-24/h7,9-12H,4-6,8,13-18H2,1-3H3. The van der Waals surface area contributed by atoms with Gasteiger partial charge in [-0.05, 0) is 25.3 Å². The Labute approximate surface area is 175 Å². The van der Waals surface area contributed by atoms with Crippen LogP contribution in [-0.2, 0) is 17.6 Å². The lowest BCUT2D eigenvalue weighted by Gasteiger charge is -2.36. The lowest BCUT2D eigenvalue weighted by Crippen LogP contribution is -2.49. The van der Waals surface area contributed by atoms with E-state index >= 15 is 0 Å². The summed E-state index contributed by atoms with van der Waals surface area (Å²) in [6.45, 7) is 9.53. The van der Waals surface area contributed by atoms with Crippen LogP contribution in [0.2, 0.25) is 0 Å². The maximum atomic E-state index is 12.5. The van der Waals surface area contributed by atoms with Crippen molar-refractivity contribution < 1.29 is 4.79 Å². The molecule has 0 N–H and O–H groups in total. The molecule has 0 atom stereocenters. The van der Waals surface area contributed by atoms with Gasteiger partial charge in [0.2, 0.25) is 5.91 Å². The molecule has 0 spiro atoms.